The van der Waals surface area contributed by atoms with Crippen molar-refractivity contribution < 1.29 is 13.2 Å². The molecule has 0 atom stereocenters. The van der Waals surface area contributed by atoms with Gasteiger partial charge in [0.15, 0.2) is 11.6 Å². The molecule has 9 heteroatoms. The third-order valence-electron chi connectivity index (χ3n) is 4.40. The molecular formula is C21H15ClF3N5. The fraction of sp³-hybridized carbons (Fsp3) is 0.0952. The average molecular weight is 430 g/mol. The van der Waals surface area contributed by atoms with Gasteiger partial charge in [0.2, 0.25) is 0 Å². The lowest BCUT2D eigenvalue weighted by Gasteiger charge is -2.11. The number of hydrogen-bond acceptors (Lipinski definition) is 4. The molecule has 30 heavy (non-hydrogen) atoms. The molecule has 0 amide bonds. The van der Waals surface area contributed by atoms with Crippen molar-refractivity contribution in [2.75, 3.05) is 5.32 Å². The minimum absolute atomic E-state index is 0.172. The van der Waals surface area contributed by atoms with Crippen LogP contribution in [0.25, 0.3) is 22.8 Å². The summed E-state index contributed by atoms with van der Waals surface area (Å²) in [6.07, 6.45) is -1.03. The standard InChI is InChI=1S/C21H15ClF3N5/c22-16-4-5-17(18(11-16)27-12-13-6-8-26-9-7-13)20-28-19(29-30-20)14-2-1-3-15(10-14)21(23,24)25/h1-11,27H,12H2,(H,28,29,30). The Morgan fingerprint density at radius 3 is 2.57 bits per heavy atom. The minimum atomic E-state index is -4.44. The third-order valence-corrected chi connectivity index (χ3v) is 4.64. The first kappa shape index (κ1) is 19.9. The summed E-state index contributed by atoms with van der Waals surface area (Å²) in [5.41, 5.74) is 1.95. The first-order valence-corrected chi connectivity index (χ1v) is 9.31. The van der Waals surface area contributed by atoms with Gasteiger partial charge in [-0.3, -0.25) is 10.1 Å². The van der Waals surface area contributed by atoms with E-state index in [2.05, 4.69) is 25.5 Å². The fourth-order valence-corrected chi connectivity index (χ4v) is 3.09. The van der Waals surface area contributed by atoms with E-state index < -0.39 is 11.7 Å². The van der Waals surface area contributed by atoms with Crippen LogP contribution in [0.1, 0.15) is 11.1 Å². The number of hydrogen-bond donors (Lipinski definition) is 2. The van der Waals surface area contributed by atoms with E-state index in [-0.39, 0.29) is 11.4 Å². The summed E-state index contributed by atoms with van der Waals surface area (Å²) < 4.78 is 39.0. The van der Waals surface area contributed by atoms with E-state index in [1.807, 2.05) is 12.1 Å². The quantitative estimate of drug-likeness (QED) is 0.419. The Labute approximate surface area is 175 Å². The van der Waals surface area contributed by atoms with Crippen LogP contribution in [0.3, 0.4) is 0 Å². The van der Waals surface area contributed by atoms with E-state index in [1.165, 1.54) is 12.1 Å². The molecule has 2 heterocycles. The van der Waals surface area contributed by atoms with Crippen molar-refractivity contribution in [3.63, 3.8) is 0 Å². The smallest absolute Gasteiger partial charge is 0.380 e. The second-order valence-electron chi connectivity index (χ2n) is 6.49. The highest BCUT2D eigenvalue weighted by Gasteiger charge is 2.30. The topological polar surface area (TPSA) is 66.5 Å². The fourth-order valence-electron chi connectivity index (χ4n) is 2.91. The van der Waals surface area contributed by atoms with Crippen molar-refractivity contribution in [2.45, 2.75) is 12.7 Å². The number of rotatable bonds is 5. The SMILES string of the molecule is FC(F)(F)c1cccc(-c2n[nH]c(-c3ccc(Cl)cc3NCc3ccncc3)n2)c1. The van der Waals surface area contributed by atoms with Gasteiger partial charge in [-0.05, 0) is 48.0 Å². The second-order valence-corrected chi connectivity index (χ2v) is 6.92. The van der Waals surface area contributed by atoms with Gasteiger partial charge in [0.05, 0.1) is 5.56 Å². The number of H-pyrrole nitrogens is 1. The normalized spacial score (nSPS) is 11.5. The van der Waals surface area contributed by atoms with Gasteiger partial charge < -0.3 is 5.32 Å². The molecule has 0 saturated heterocycles. The van der Waals surface area contributed by atoms with Gasteiger partial charge >= 0.3 is 6.18 Å². The molecule has 0 radical (unpaired) electrons. The van der Waals surface area contributed by atoms with Crippen LogP contribution in [0.15, 0.2) is 67.0 Å². The van der Waals surface area contributed by atoms with Crippen LogP contribution in [-0.2, 0) is 12.7 Å². The number of anilines is 1. The minimum Gasteiger partial charge on any atom is -0.380 e. The Kier molecular flexibility index (Phi) is 5.41. The zero-order valence-electron chi connectivity index (χ0n) is 15.4. The number of alkyl halides is 3. The van der Waals surface area contributed by atoms with Gasteiger partial charge in [0.1, 0.15) is 0 Å². The summed E-state index contributed by atoms with van der Waals surface area (Å²) >= 11 is 6.14. The van der Waals surface area contributed by atoms with Crippen LogP contribution in [0, 0.1) is 0 Å². The van der Waals surface area contributed by atoms with Gasteiger partial charge in [-0.1, -0.05) is 23.7 Å². The zero-order valence-corrected chi connectivity index (χ0v) is 16.2. The number of pyridine rings is 1. The number of benzene rings is 2. The Hall–Kier alpha value is -3.39. The van der Waals surface area contributed by atoms with Crippen LogP contribution in [0.5, 0.6) is 0 Å². The van der Waals surface area contributed by atoms with E-state index >= 15 is 0 Å². The van der Waals surface area contributed by atoms with Gasteiger partial charge in [-0.2, -0.15) is 18.3 Å². The van der Waals surface area contributed by atoms with E-state index in [0.29, 0.717) is 28.6 Å². The van der Waals surface area contributed by atoms with Gasteiger partial charge in [-0.25, -0.2) is 4.98 Å². The molecule has 0 fully saturated rings. The molecule has 0 aliphatic carbocycles. The molecular weight excluding hydrogens is 415 g/mol. The number of nitrogens with zero attached hydrogens (tertiary/aromatic N) is 3. The predicted molar refractivity (Wildman–Crippen MR) is 109 cm³/mol. The number of nitrogens with one attached hydrogen (secondary N) is 2. The van der Waals surface area contributed by atoms with Crippen LogP contribution >= 0.6 is 11.6 Å². The van der Waals surface area contributed by atoms with Gasteiger partial charge in [-0.15, -0.1) is 0 Å². The highest BCUT2D eigenvalue weighted by molar-refractivity contribution is 6.31. The van der Waals surface area contributed by atoms with Crippen molar-refractivity contribution >= 4 is 17.3 Å². The summed E-state index contributed by atoms with van der Waals surface area (Å²) in [7, 11) is 0. The van der Waals surface area contributed by atoms with E-state index in [1.54, 1.807) is 30.6 Å². The molecule has 2 N–H and O–H groups in total. The van der Waals surface area contributed by atoms with Crippen molar-refractivity contribution in [3.8, 4) is 22.8 Å². The first-order chi connectivity index (χ1) is 14.4. The lowest BCUT2D eigenvalue weighted by molar-refractivity contribution is -0.137. The summed E-state index contributed by atoms with van der Waals surface area (Å²) in [4.78, 5) is 8.38. The Balaban J connectivity index is 1.63. The molecule has 0 spiro atoms. The molecule has 0 saturated carbocycles. The lowest BCUT2D eigenvalue weighted by atomic mass is 10.1. The van der Waals surface area contributed by atoms with Crippen molar-refractivity contribution in [1.82, 2.24) is 20.2 Å². The molecule has 0 unspecified atom stereocenters. The summed E-state index contributed by atoms with van der Waals surface area (Å²) in [5, 5.41) is 10.7. The average Bonchev–Trinajstić information content (AvgIpc) is 3.23. The maximum atomic E-state index is 13.0. The van der Waals surface area contributed by atoms with Crippen LogP contribution < -0.4 is 5.32 Å². The van der Waals surface area contributed by atoms with Crippen molar-refractivity contribution in [1.29, 1.82) is 0 Å². The summed E-state index contributed by atoms with van der Waals surface area (Å²) in [6.45, 7) is 0.532. The zero-order chi connectivity index (χ0) is 21.1. The Bertz CT molecular complexity index is 1160. The first-order valence-electron chi connectivity index (χ1n) is 8.93. The monoisotopic (exact) mass is 429 g/mol. The third kappa shape index (κ3) is 4.44. The van der Waals surface area contributed by atoms with Crippen LogP contribution in [0.2, 0.25) is 5.02 Å². The number of aromatic nitrogens is 4. The molecule has 152 valence electrons. The molecule has 2 aromatic heterocycles. The second kappa shape index (κ2) is 8.16. The predicted octanol–water partition coefficient (Wildman–Crippen LogP) is 5.82. The molecule has 5 nitrogen and oxygen atoms in total. The molecule has 2 aromatic carbocycles. The summed E-state index contributed by atoms with van der Waals surface area (Å²) in [6, 6.07) is 13.9. The van der Waals surface area contributed by atoms with E-state index in [9.17, 15) is 13.2 Å². The maximum absolute atomic E-state index is 13.0. The van der Waals surface area contributed by atoms with Crippen LogP contribution in [0.4, 0.5) is 18.9 Å². The molecule has 4 aromatic rings. The van der Waals surface area contributed by atoms with Gasteiger partial charge in [0, 0.05) is 40.8 Å². The number of halogens is 4. The Morgan fingerprint density at radius 1 is 1.00 bits per heavy atom. The highest BCUT2D eigenvalue weighted by atomic mass is 35.5. The maximum Gasteiger partial charge on any atom is 0.416 e. The molecule has 0 bridgehead atoms. The van der Waals surface area contributed by atoms with Crippen LogP contribution in [-0.4, -0.2) is 20.2 Å². The lowest BCUT2D eigenvalue weighted by Crippen LogP contribution is -2.04. The summed E-state index contributed by atoms with van der Waals surface area (Å²) in [5.74, 6) is 0.586. The van der Waals surface area contributed by atoms with Gasteiger partial charge in [0.25, 0.3) is 0 Å². The van der Waals surface area contributed by atoms with Crippen molar-refractivity contribution in [2.24, 2.45) is 0 Å². The molecule has 0 aliphatic heterocycles. The van der Waals surface area contributed by atoms with Crippen molar-refractivity contribution in [3.05, 3.63) is 83.1 Å². The van der Waals surface area contributed by atoms with E-state index in [4.69, 9.17) is 11.6 Å². The number of aromatic amines is 1. The molecule has 0 aliphatic rings. The Morgan fingerprint density at radius 2 is 1.80 bits per heavy atom. The molecule has 4 rings (SSSR count). The highest BCUT2D eigenvalue weighted by Crippen LogP contribution is 2.33. The largest absolute Gasteiger partial charge is 0.416 e. The van der Waals surface area contributed by atoms with E-state index in [0.717, 1.165) is 17.7 Å².